The molecule has 0 spiro atoms. The molecular weight excluding hydrogens is 370 g/mol. The number of aryl methyl sites for hydroxylation is 1. The molecule has 1 heterocycles. The Hall–Kier alpha value is -2.60. The molecule has 3 aromatic rings. The number of rotatable bonds is 6. The molecule has 4 rings (SSSR count). The Kier molecular flexibility index (Phi) is 5.22. The first-order chi connectivity index (χ1) is 13.5. The van der Waals surface area contributed by atoms with Gasteiger partial charge in [-0.3, -0.25) is 14.2 Å². The second kappa shape index (κ2) is 7.80. The number of amides is 1. The highest BCUT2D eigenvalue weighted by Crippen LogP contribution is 2.32. The van der Waals surface area contributed by atoms with Crippen LogP contribution < -0.4 is 10.9 Å². The van der Waals surface area contributed by atoms with Crippen molar-refractivity contribution in [2.24, 2.45) is 5.92 Å². The minimum atomic E-state index is -0.122. The number of fused-ring (bicyclic) bond motifs is 1. The maximum absolute atomic E-state index is 13.2. The van der Waals surface area contributed by atoms with Crippen molar-refractivity contribution < 1.29 is 4.79 Å². The Balaban J connectivity index is 1.67. The lowest BCUT2D eigenvalue weighted by molar-refractivity contribution is -0.119. The molecule has 144 valence electrons. The average molecular weight is 394 g/mol. The van der Waals surface area contributed by atoms with Crippen molar-refractivity contribution in [2.45, 2.75) is 37.9 Å². The molecule has 1 atom stereocenters. The molecule has 0 bridgehead atoms. The van der Waals surface area contributed by atoms with E-state index >= 15 is 0 Å². The summed E-state index contributed by atoms with van der Waals surface area (Å²) in [4.78, 5) is 30.2. The van der Waals surface area contributed by atoms with E-state index in [1.54, 1.807) is 10.6 Å². The van der Waals surface area contributed by atoms with Gasteiger partial charge >= 0.3 is 0 Å². The van der Waals surface area contributed by atoms with Crippen LogP contribution in [-0.4, -0.2) is 27.3 Å². The van der Waals surface area contributed by atoms with Gasteiger partial charge in [0.25, 0.3) is 5.56 Å². The maximum atomic E-state index is 13.2. The zero-order valence-corrected chi connectivity index (χ0v) is 16.8. The molecule has 1 amide bonds. The fraction of sp³-hybridized carbons (Fsp3) is 0.318. The normalized spacial score (nSPS) is 14.8. The fourth-order valence-electron chi connectivity index (χ4n) is 3.27. The molecule has 0 radical (unpaired) electrons. The Bertz CT molecular complexity index is 1070. The van der Waals surface area contributed by atoms with Gasteiger partial charge in [0.2, 0.25) is 5.91 Å². The predicted molar refractivity (Wildman–Crippen MR) is 113 cm³/mol. The van der Waals surface area contributed by atoms with Gasteiger partial charge in [0.05, 0.1) is 22.3 Å². The van der Waals surface area contributed by atoms with Gasteiger partial charge in [-0.1, -0.05) is 41.6 Å². The van der Waals surface area contributed by atoms with Crippen molar-refractivity contribution in [3.8, 4) is 5.69 Å². The molecule has 2 aromatic carbocycles. The van der Waals surface area contributed by atoms with Crippen LogP contribution in [0.2, 0.25) is 0 Å². The van der Waals surface area contributed by atoms with E-state index in [0.29, 0.717) is 22.0 Å². The Morgan fingerprint density at radius 2 is 1.93 bits per heavy atom. The number of nitrogens with zero attached hydrogens (tertiary/aromatic N) is 2. The van der Waals surface area contributed by atoms with Crippen molar-refractivity contribution >= 4 is 28.6 Å². The summed E-state index contributed by atoms with van der Waals surface area (Å²) < 4.78 is 1.60. The van der Waals surface area contributed by atoms with E-state index in [1.165, 1.54) is 24.6 Å². The molecule has 1 N–H and O–H groups in total. The third-order valence-electron chi connectivity index (χ3n) is 5.09. The van der Waals surface area contributed by atoms with Crippen LogP contribution in [0.1, 0.15) is 25.3 Å². The van der Waals surface area contributed by atoms with Crippen molar-refractivity contribution in [1.82, 2.24) is 14.9 Å². The van der Waals surface area contributed by atoms with E-state index in [4.69, 9.17) is 0 Å². The Labute approximate surface area is 168 Å². The number of aromatic nitrogens is 2. The zero-order chi connectivity index (χ0) is 19.7. The van der Waals surface area contributed by atoms with Crippen LogP contribution in [0.4, 0.5) is 0 Å². The minimum absolute atomic E-state index is 0.0257. The van der Waals surface area contributed by atoms with Gasteiger partial charge in [0.15, 0.2) is 5.16 Å². The van der Waals surface area contributed by atoms with Crippen molar-refractivity contribution in [1.29, 1.82) is 0 Å². The lowest BCUT2D eigenvalue weighted by Gasteiger charge is -2.15. The summed E-state index contributed by atoms with van der Waals surface area (Å²) in [5, 5.41) is 4.15. The maximum Gasteiger partial charge on any atom is 0.266 e. The minimum Gasteiger partial charge on any atom is -0.353 e. The van der Waals surface area contributed by atoms with Gasteiger partial charge in [-0.15, -0.1) is 0 Å². The van der Waals surface area contributed by atoms with E-state index in [9.17, 15) is 9.59 Å². The summed E-state index contributed by atoms with van der Waals surface area (Å²) in [7, 11) is 0. The van der Waals surface area contributed by atoms with E-state index in [1.807, 2.05) is 49.4 Å². The summed E-state index contributed by atoms with van der Waals surface area (Å²) in [6.45, 7) is 4.06. The van der Waals surface area contributed by atoms with Crippen LogP contribution in [0.15, 0.2) is 58.5 Å². The highest BCUT2D eigenvalue weighted by molar-refractivity contribution is 7.99. The van der Waals surface area contributed by atoms with Crippen LogP contribution >= 0.6 is 11.8 Å². The van der Waals surface area contributed by atoms with Gasteiger partial charge in [0.1, 0.15) is 0 Å². The van der Waals surface area contributed by atoms with E-state index in [-0.39, 0.29) is 23.3 Å². The first-order valence-electron chi connectivity index (χ1n) is 9.54. The monoisotopic (exact) mass is 393 g/mol. The smallest absolute Gasteiger partial charge is 0.266 e. The number of hydrogen-bond acceptors (Lipinski definition) is 4. The van der Waals surface area contributed by atoms with E-state index in [2.05, 4.69) is 17.2 Å². The molecule has 6 heteroatoms. The second-order valence-corrected chi connectivity index (χ2v) is 8.31. The lowest BCUT2D eigenvalue weighted by atomic mass is 10.2. The van der Waals surface area contributed by atoms with Gasteiger partial charge in [-0.25, -0.2) is 4.98 Å². The molecule has 0 saturated heterocycles. The third-order valence-corrected chi connectivity index (χ3v) is 6.03. The van der Waals surface area contributed by atoms with Gasteiger partial charge < -0.3 is 5.32 Å². The molecule has 1 aliphatic rings. The van der Waals surface area contributed by atoms with Crippen molar-refractivity contribution in [3.05, 3.63) is 64.4 Å². The lowest BCUT2D eigenvalue weighted by Crippen LogP contribution is -2.35. The summed E-state index contributed by atoms with van der Waals surface area (Å²) in [5.41, 5.74) is 2.39. The first-order valence-corrected chi connectivity index (χ1v) is 10.5. The van der Waals surface area contributed by atoms with Crippen LogP contribution in [0.3, 0.4) is 0 Å². The zero-order valence-electron chi connectivity index (χ0n) is 16.0. The molecule has 0 unspecified atom stereocenters. The summed E-state index contributed by atoms with van der Waals surface area (Å²) in [6.07, 6.45) is 2.38. The summed E-state index contributed by atoms with van der Waals surface area (Å²) in [5.74, 6) is 0.814. The first kappa shape index (κ1) is 18.7. The van der Waals surface area contributed by atoms with Crippen LogP contribution in [-0.2, 0) is 4.79 Å². The van der Waals surface area contributed by atoms with Crippen molar-refractivity contribution in [2.75, 3.05) is 5.75 Å². The van der Waals surface area contributed by atoms with E-state index < -0.39 is 0 Å². The number of hydrogen-bond donors (Lipinski definition) is 1. The SMILES string of the molecule is Cc1ccc(-n2c(SCC(=O)N[C@H](C)C3CC3)nc3ccccc3c2=O)cc1. The molecule has 0 aliphatic heterocycles. The number of carbonyl (C=O) groups is 1. The van der Waals surface area contributed by atoms with Gasteiger partial charge in [0, 0.05) is 6.04 Å². The number of benzene rings is 2. The second-order valence-electron chi connectivity index (χ2n) is 7.37. The molecule has 5 nitrogen and oxygen atoms in total. The molecule has 1 aliphatic carbocycles. The standard InChI is InChI=1S/C22H23N3O2S/c1-14-7-11-17(12-8-14)25-21(27)18-5-3-4-6-19(18)24-22(25)28-13-20(26)23-15(2)16-9-10-16/h3-8,11-12,15-16H,9-10,13H2,1-2H3,(H,23,26)/t15-/m1/s1. The van der Waals surface area contributed by atoms with Crippen molar-refractivity contribution in [3.63, 3.8) is 0 Å². The fourth-order valence-corrected chi connectivity index (χ4v) is 4.09. The Morgan fingerprint density at radius 3 is 2.64 bits per heavy atom. The number of carbonyl (C=O) groups excluding carboxylic acids is 1. The van der Waals surface area contributed by atoms with Gasteiger partial charge in [-0.05, 0) is 56.9 Å². The average Bonchev–Trinajstić information content (AvgIpc) is 3.53. The molecule has 1 saturated carbocycles. The van der Waals surface area contributed by atoms with Crippen LogP contribution in [0.5, 0.6) is 0 Å². The number of para-hydroxylation sites is 1. The van der Waals surface area contributed by atoms with E-state index in [0.717, 1.165) is 11.3 Å². The van der Waals surface area contributed by atoms with Gasteiger partial charge in [-0.2, -0.15) is 0 Å². The molecule has 28 heavy (non-hydrogen) atoms. The molecule has 1 fully saturated rings. The highest BCUT2D eigenvalue weighted by Gasteiger charge is 2.28. The third kappa shape index (κ3) is 3.97. The largest absolute Gasteiger partial charge is 0.353 e. The Morgan fingerprint density at radius 1 is 1.21 bits per heavy atom. The molecule has 1 aromatic heterocycles. The highest BCUT2D eigenvalue weighted by atomic mass is 32.2. The van der Waals surface area contributed by atoms with Crippen LogP contribution in [0, 0.1) is 12.8 Å². The van der Waals surface area contributed by atoms with Crippen LogP contribution in [0.25, 0.3) is 16.6 Å². The number of thioether (sulfide) groups is 1. The molecular formula is C22H23N3O2S. The quantitative estimate of drug-likeness (QED) is 0.512. The summed E-state index contributed by atoms with van der Waals surface area (Å²) >= 11 is 1.30. The predicted octanol–water partition coefficient (Wildman–Crippen LogP) is 3.70. The number of nitrogens with one attached hydrogen (secondary N) is 1. The summed E-state index contributed by atoms with van der Waals surface area (Å²) in [6, 6.07) is 15.3. The topological polar surface area (TPSA) is 64.0 Å².